The summed E-state index contributed by atoms with van der Waals surface area (Å²) in [5.74, 6) is -1.03. The Morgan fingerprint density at radius 3 is 2.60 bits per heavy atom. The summed E-state index contributed by atoms with van der Waals surface area (Å²) in [6.45, 7) is 0. The molecule has 0 fully saturated rings. The van der Waals surface area contributed by atoms with Gasteiger partial charge in [0.15, 0.2) is 0 Å². The predicted octanol–water partition coefficient (Wildman–Crippen LogP) is 3.65. The van der Waals surface area contributed by atoms with Crippen molar-refractivity contribution in [2.45, 2.75) is 0 Å². The van der Waals surface area contributed by atoms with Crippen LogP contribution in [0.4, 0.5) is 0 Å². The number of fused-ring (bicyclic) bond motifs is 1. The quantitative estimate of drug-likeness (QED) is 0.780. The Balaban J connectivity index is 2.35. The number of benzene rings is 1. The maximum Gasteiger partial charge on any atom is 0.336 e. The number of hydrogen-bond donors (Lipinski definition) is 1. The molecule has 0 spiro atoms. The molecule has 0 aliphatic carbocycles. The summed E-state index contributed by atoms with van der Waals surface area (Å²) in [7, 11) is 0. The van der Waals surface area contributed by atoms with Gasteiger partial charge in [0.05, 0.1) is 21.8 Å². The van der Waals surface area contributed by atoms with Crippen molar-refractivity contribution in [1.82, 2.24) is 9.97 Å². The predicted molar refractivity (Wildman–Crippen MR) is 76.9 cm³/mol. The Bertz CT molecular complexity index is 804. The van der Waals surface area contributed by atoms with Gasteiger partial charge in [0.1, 0.15) is 0 Å². The molecule has 1 N–H and O–H groups in total. The molecule has 0 saturated heterocycles. The van der Waals surface area contributed by atoms with Gasteiger partial charge in [-0.05, 0) is 30.3 Å². The van der Waals surface area contributed by atoms with Crippen LogP contribution in [0.1, 0.15) is 10.4 Å². The number of rotatable bonds is 2. The van der Waals surface area contributed by atoms with Crippen LogP contribution in [0.15, 0.2) is 48.8 Å². The maximum absolute atomic E-state index is 11.5. The van der Waals surface area contributed by atoms with Crippen molar-refractivity contribution in [3.63, 3.8) is 0 Å². The smallest absolute Gasteiger partial charge is 0.336 e. The van der Waals surface area contributed by atoms with E-state index in [1.54, 1.807) is 42.7 Å². The first kappa shape index (κ1) is 12.6. The second kappa shape index (κ2) is 4.90. The molecule has 2 heterocycles. The average molecular weight is 285 g/mol. The minimum absolute atomic E-state index is 0.146. The molecule has 20 heavy (non-hydrogen) atoms. The van der Waals surface area contributed by atoms with Gasteiger partial charge in [-0.1, -0.05) is 17.7 Å². The molecule has 0 aliphatic heterocycles. The van der Waals surface area contributed by atoms with E-state index in [2.05, 4.69) is 9.97 Å². The molecule has 0 bridgehead atoms. The van der Waals surface area contributed by atoms with E-state index >= 15 is 0 Å². The van der Waals surface area contributed by atoms with E-state index in [1.165, 1.54) is 6.07 Å². The third kappa shape index (κ3) is 2.10. The molecule has 2 aromatic heterocycles. The highest BCUT2D eigenvalue weighted by Crippen LogP contribution is 2.29. The summed E-state index contributed by atoms with van der Waals surface area (Å²) in [5.41, 5.74) is 2.10. The van der Waals surface area contributed by atoms with Crippen LogP contribution in [0, 0.1) is 0 Å². The lowest BCUT2D eigenvalue weighted by Crippen LogP contribution is -2.00. The largest absolute Gasteiger partial charge is 0.478 e. The topological polar surface area (TPSA) is 63.1 Å². The molecule has 0 aliphatic rings. The monoisotopic (exact) mass is 284 g/mol. The molecular formula is C15H9ClN2O2. The summed E-state index contributed by atoms with van der Waals surface area (Å²) < 4.78 is 0. The summed E-state index contributed by atoms with van der Waals surface area (Å²) in [6.07, 6.45) is 3.28. The van der Waals surface area contributed by atoms with Gasteiger partial charge in [0, 0.05) is 23.3 Å². The highest BCUT2D eigenvalue weighted by Gasteiger charge is 2.15. The third-order valence-electron chi connectivity index (χ3n) is 2.99. The highest BCUT2D eigenvalue weighted by atomic mass is 35.5. The summed E-state index contributed by atoms with van der Waals surface area (Å²) >= 11 is 6.09. The molecule has 4 nitrogen and oxygen atoms in total. The Hall–Kier alpha value is -2.46. The zero-order valence-electron chi connectivity index (χ0n) is 10.2. The number of aromatic nitrogens is 2. The number of carboxylic acid groups (broad SMARTS) is 1. The zero-order valence-corrected chi connectivity index (χ0v) is 11.0. The van der Waals surface area contributed by atoms with Crippen molar-refractivity contribution in [2.75, 3.05) is 0 Å². The number of halogens is 1. The summed E-state index contributed by atoms with van der Waals surface area (Å²) in [6, 6.07) is 10.3. The fourth-order valence-electron chi connectivity index (χ4n) is 2.08. The van der Waals surface area contributed by atoms with Crippen molar-refractivity contribution >= 4 is 28.5 Å². The molecule has 3 aromatic rings. The molecule has 0 radical (unpaired) electrons. The zero-order chi connectivity index (χ0) is 14.1. The first-order chi connectivity index (χ1) is 9.66. The minimum Gasteiger partial charge on any atom is -0.478 e. The second-order valence-corrected chi connectivity index (χ2v) is 4.64. The minimum atomic E-state index is -1.03. The molecular weight excluding hydrogens is 276 g/mol. The van der Waals surface area contributed by atoms with Crippen LogP contribution in [0.5, 0.6) is 0 Å². The van der Waals surface area contributed by atoms with Gasteiger partial charge in [-0.2, -0.15) is 0 Å². The maximum atomic E-state index is 11.5. The van der Waals surface area contributed by atoms with Crippen LogP contribution in [-0.4, -0.2) is 21.0 Å². The van der Waals surface area contributed by atoms with Gasteiger partial charge < -0.3 is 5.11 Å². The second-order valence-electron chi connectivity index (χ2n) is 4.23. The molecule has 3 rings (SSSR count). The SMILES string of the molecule is O=C(O)c1cc(-c2ccncc2)nc2cccc(Cl)c12. The molecule has 0 amide bonds. The molecule has 0 atom stereocenters. The van der Waals surface area contributed by atoms with Gasteiger partial charge in [0.25, 0.3) is 0 Å². The van der Waals surface area contributed by atoms with Crippen molar-refractivity contribution in [2.24, 2.45) is 0 Å². The fourth-order valence-corrected chi connectivity index (χ4v) is 2.35. The number of pyridine rings is 2. The van der Waals surface area contributed by atoms with Crippen molar-refractivity contribution in [1.29, 1.82) is 0 Å². The summed E-state index contributed by atoms with van der Waals surface area (Å²) in [5, 5.41) is 10.2. The number of aromatic carboxylic acids is 1. The Kier molecular flexibility index (Phi) is 3.08. The van der Waals surface area contributed by atoms with Crippen LogP contribution in [-0.2, 0) is 0 Å². The van der Waals surface area contributed by atoms with E-state index in [9.17, 15) is 9.90 Å². The van der Waals surface area contributed by atoms with E-state index in [0.29, 0.717) is 21.6 Å². The van der Waals surface area contributed by atoms with Gasteiger partial charge in [-0.15, -0.1) is 0 Å². The highest BCUT2D eigenvalue weighted by molar-refractivity contribution is 6.36. The normalized spacial score (nSPS) is 10.7. The fraction of sp³-hybridized carbons (Fsp3) is 0. The first-order valence-electron chi connectivity index (χ1n) is 5.90. The number of nitrogens with zero attached hydrogens (tertiary/aromatic N) is 2. The standard InChI is InChI=1S/C15H9ClN2O2/c16-11-2-1-3-12-14(11)10(15(19)20)8-13(18-12)9-4-6-17-7-5-9/h1-8H,(H,19,20). The van der Waals surface area contributed by atoms with E-state index in [4.69, 9.17) is 11.6 Å². The van der Waals surface area contributed by atoms with Crippen LogP contribution < -0.4 is 0 Å². The molecule has 0 saturated carbocycles. The van der Waals surface area contributed by atoms with Crippen LogP contribution in [0.25, 0.3) is 22.2 Å². The van der Waals surface area contributed by atoms with Crippen molar-refractivity contribution in [3.05, 3.63) is 59.4 Å². The van der Waals surface area contributed by atoms with Gasteiger partial charge in [-0.3, -0.25) is 4.98 Å². The van der Waals surface area contributed by atoms with E-state index in [0.717, 1.165) is 5.56 Å². The molecule has 5 heteroatoms. The number of carboxylic acids is 1. The molecule has 0 unspecified atom stereocenters. The van der Waals surface area contributed by atoms with Crippen molar-refractivity contribution < 1.29 is 9.90 Å². The van der Waals surface area contributed by atoms with E-state index in [1.807, 2.05) is 0 Å². The Morgan fingerprint density at radius 2 is 1.90 bits per heavy atom. The lowest BCUT2D eigenvalue weighted by molar-refractivity contribution is 0.0699. The van der Waals surface area contributed by atoms with Crippen LogP contribution in [0.3, 0.4) is 0 Å². The Labute approximate surface area is 119 Å². The van der Waals surface area contributed by atoms with Gasteiger partial charge in [0.2, 0.25) is 0 Å². The van der Waals surface area contributed by atoms with Crippen LogP contribution in [0.2, 0.25) is 5.02 Å². The average Bonchev–Trinajstić information content (AvgIpc) is 2.47. The lowest BCUT2D eigenvalue weighted by Gasteiger charge is -2.08. The number of carbonyl (C=O) groups is 1. The third-order valence-corrected chi connectivity index (χ3v) is 3.30. The van der Waals surface area contributed by atoms with E-state index < -0.39 is 5.97 Å². The summed E-state index contributed by atoms with van der Waals surface area (Å²) in [4.78, 5) is 19.9. The van der Waals surface area contributed by atoms with E-state index in [-0.39, 0.29) is 5.56 Å². The van der Waals surface area contributed by atoms with Crippen molar-refractivity contribution in [3.8, 4) is 11.3 Å². The lowest BCUT2D eigenvalue weighted by atomic mass is 10.0. The van der Waals surface area contributed by atoms with Gasteiger partial charge in [-0.25, -0.2) is 9.78 Å². The first-order valence-corrected chi connectivity index (χ1v) is 6.27. The molecule has 1 aromatic carbocycles. The molecule has 98 valence electrons. The Morgan fingerprint density at radius 1 is 1.15 bits per heavy atom. The van der Waals surface area contributed by atoms with Gasteiger partial charge >= 0.3 is 5.97 Å². The van der Waals surface area contributed by atoms with Crippen LogP contribution >= 0.6 is 11.6 Å². The number of hydrogen-bond acceptors (Lipinski definition) is 3.